The molecule has 0 aliphatic carbocycles. The predicted molar refractivity (Wildman–Crippen MR) is 72.9 cm³/mol. The molecule has 0 amide bonds. The third-order valence-corrected chi connectivity index (χ3v) is 3.12. The van der Waals surface area contributed by atoms with Gasteiger partial charge in [-0.2, -0.15) is 4.98 Å². The van der Waals surface area contributed by atoms with Crippen molar-refractivity contribution in [1.29, 1.82) is 0 Å². The smallest absolute Gasteiger partial charge is 0.260 e. The lowest BCUT2D eigenvalue weighted by Gasteiger charge is -1.97. The van der Waals surface area contributed by atoms with Crippen molar-refractivity contribution in [1.82, 2.24) is 20.1 Å². The molecule has 0 aliphatic heterocycles. The van der Waals surface area contributed by atoms with Crippen LogP contribution in [0.4, 0.5) is 5.69 Å². The molecule has 6 nitrogen and oxygen atoms in total. The maximum atomic E-state index is 5.82. The SMILES string of the molecule is Nc1cnccc1-c1nc(-c2ncccc2Br)no1. The number of nitrogen functional groups attached to an aromatic ring is 1. The average molecular weight is 318 g/mol. The number of anilines is 1. The van der Waals surface area contributed by atoms with E-state index in [1.54, 1.807) is 18.5 Å². The Balaban J connectivity index is 2.06. The maximum absolute atomic E-state index is 5.82. The van der Waals surface area contributed by atoms with E-state index in [0.29, 0.717) is 28.7 Å². The number of hydrogen-bond donors (Lipinski definition) is 1. The van der Waals surface area contributed by atoms with E-state index in [9.17, 15) is 0 Å². The van der Waals surface area contributed by atoms with Crippen molar-refractivity contribution in [2.24, 2.45) is 0 Å². The summed E-state index contributed by atoms with van der Waals surface area (Å²) in [6.45, 7) is 0. The lowest BCUT2D eigenvalue weighted by atomic mass is 10.2. The summed E-state index contributed by atoms with van der Waals surface area (Å²) in [5.41, 5.74) is 7.57. The van der Waals surface area contributed by atoms with Gasteiger partial charge >= 0.3 is 0 Å². The Labute approximate surface area is 116 Å². The first-order chi connectivity index (χ1) is 9.25. The second-order valence-electron chi connectivity index (χ2n) is 3.72. The van der Waals surface area contributed by atoms with Gasteiger partial charge in [-0.1, -0.05) is 5.16 Å². The Morgan fingerprint density at radius 3 is 2.89 bits per heavy atom. The van der Waals surface area contributed by atoms with Crippen LogP contribution in [0.2, 0.25) is 0 Å². The van der Waals surface area contributed by atoms with Gasteiger partial charge in [0.25, 0.3) is 5.89 Å². The van der Waals surface area contributed by atoms with Crippen LogP contribution < -0.4 is 5.73 Å². The number of halogens is 1. The average Bonchev–Trinajstić information content (AvgIpc) is 2.89. The standard InChI is InChI=1S/C12H8BrN5O/c13-8-2-1-4-16-10(8)11-17-12(19-18-11)7-3-5-15-6-9(7)14/h1-6H,14H2. The van der Waals surface area contributed by atoms with E-state index in [0.717, 1.165) is 4.47 Å². The molecule has 94 valence electrons. The highest BCUT2D eigenvalue weighted by Crippen LogP contribution is 2.27. The van der Waals surface area contributed by atoms with Crippen molar-refractivity contribution in [3.8, 4) is 23.0 Å². The van der Waals surface area contributed by atoms with Crippen LogP contribution in [0.15, 0.2) is 45.8 Å². The molecule has 0 saturated heterocycles. The lowest BCUT2D eigenvalue weighted by Crippen LogP contribution is -1.91. The fraction of sp³-hybridized carbons (Fsp3) is 0. The van der Waals surface area contributed by atoms with Crippen LogP contribution in [0.5, 0.6) is 0 Å². The molecule has 0 atom stereocenters. The maximum Gasteiger partial charge on any atom is 0.260 e. The molecule has 7 heteroatoms. The second kappa shape index (κ2) is 4.77. The monoisotopic (exact) mass is 317 g/mol. The summed E-state index contributed by atoms with van der Waals surface area (Å²) in [4.78, 5) is 12.4. The van der Waals surface area contributed by atoms with Gasteiger partial charge in [-0.25, -0.2) is 0 Å². The summed E-state index contributed by atoms with van der Waals surface area (Å²) in [6, 6.07) is 5.40. The molecule has 2 N–H and O–H groups in total. The molecule has 0 fully saturated rings. The molecular weight excluding hydrogens is 310 g/mol. The Hall–Kier alpha value is -2.28. The van der Waals surface area contributed by atoms with Gasteiger partial charge in [-0.05, 0) is 34.1 Å². The van der Waals surface area contributed by atoms with Crippen LogP contribution in [0.1, 0.15) is 0 Å². The largest absolute Gasteiger partial charge is 0.397 e. The molecule has 3 rings (SSSR count). The number of nitrogens with two attached hydrogens (primary N) is 1. The van der Waals surface area contributed by atoms with Crippen molar-refractivity contribution in [2.75, 3.05) is 5.73 Å². The minimum absolute atomic E-state index is 0.340. The molecule has 0 saturated carbocycles. The van der Waals surface area contributed by atoms with Crippen molar-refractivity contribution < 1.29 is 4.52 Å². The van der Waals surface area contributed by atoms with Gasteiger partial charge in [-0.3, -0.25) is 9.97 Å². The third-order valence-electron chi connectivity index (χ3n) is 2.48. The summed E-state index contributed by atoms with van der Waals surface area (Å²) >= 11 is 3.39. The van der Waals surface area contributed by atoms with Crippen molar-refractivity contribution in [3.05, 3.63) is 41.3 Å². The van der Waals surface area contributed by atoms with Crippen LogP contribution in [-0.4, -0.2) is 20.1 Å². The zero-order valence-corrected chi connectivity index (χ0v) is 11.2. The van der Waals surface area contributed by atoms with E-state index in [-0.39, 0.29) is 0 Å². The Kier molecular flexibility index (Phi) is 2.96. The Morgan fingerprint density at radius 1 is 1.21 bits per heavy atom. The summed E-state index contributed by atoms with van der Waals surface area (Å²) < 4.78 is 6.01. The first-order valence-corrected chi connectivity index (χ1v) is 6.19. The molecule has 0 bridgehead atoms. The Morgan fingerprint density at radius 2 is 2.11 bits per heavy atom. The molecule has 3 heterocycles. The molecule has 3 aromatic heterocycles. The molecule has 19 heavy (non-hydrogen) atoms. The van der Waals surface area contributed by atoms with Crippen molar-refractivity contribution in [2.45, 2.75) is 0 Å². The first-order valence-electron chi connectivity index (χ1n) is 5.40. The predicted octanol–water partition coefficient (Wildman–Crippen LogP) is 2.54. The number of aromatic nitrogens is 4. The number of hydrogen-bond acceptors (Lipinski definition) is 6. The Bertz CT molecular complexity index is 667. The normalized spacial score (nSPS) is 10.6. The highest BCUT2D eigenvalue weighted by molar-refractivity contribution is 9.10. The van der Waals surface area contributed by atoms with E-state index < -0.39 is 0 Å². The van der Waals surface area contributed by atoms with Gasteiger partial charge in [0.2, 0.25) is 5.82 Å². The van der Waals surface area contributed by atoms with E-state index >= 15 is 0 Å². The summed E-state index contributed by atoms with van der Waals surface area (Å²) in [6.07, 6.45) is 4.82. The summed E-state index contributed by atoms with van der Waals surface area (Å²) in [5.74, 6) is 0.742. The fourth-order valence-electron chi connectivity index (χ4n) is 1.58. The van der Waals surface area contributed by atoms with Crippen LogP contribution >= 0.6 is 15.9 Å². The van der Waals surface area contributed by atoms with Crippen molar-refractivity contribution >= 4 is 21.6 Å². The number of pyridine rings is 2. The molecular formula is C12H8BrN5O. The van der Waals surface area contributed by atoms with Crippen LogP contribution in [0.25, 0.3) is 23.0 Å². The third kappa shape index (κ3) is 2.19. The molecule has 0 spiro atoms. The van der Waals surface area contributed by atoms with Gasteiger partial charge in [0, 0.05) is 16.9 Å². The van der Waals surface area contributed by atoms with Crippen LogP contribution in [-0.2, 0) is 0 Å². The van der Waals surface area contributed by atoms with Gasteiger partial charge in [-0.15, -0.1) is 0 Å². The molecule has 3 aromatic rings. The zero-order chi connectivity index (χ0) is 13.2. The highest BCUT2D eigenvalue weighted by Gasteiger charge is 2.15. The molecule has 0 unspecified atom stereocenters. The van der Waals surface area contributed by atoms with Gasteiger partial charge < -0.3 is 10.3 Å². The van der Waals surface area contributed by atoms with Crippen LogP contribution in [0.3, 0.4) is 0 Å². The first kappa shape index (κ1) is 11.8. The summed E-state index contributed by atoms with van der Waals surface area (Å²) in [7, 11) is 0. The van der Waals surface area contributed by atoms with Gasteiger partial charge in [0.1, 0.15) is 5.69 Å². The van der Waals surface area contributed by atoms with E-state index in [4.69, 9.17) is 10.3 Å². The molecule has 0 aliphatic rings. The number of rotatable bonds is 2. The quantitative estimate of drug-likeness (QED) is 0.781. The van der Waals surface area contributed by atoms with E-state index in [2.05, 4.69) is 36.0 Å². The zero-order valence-electron chi connectivity index (χ0n) is 9.62. The second-order valence-corrected chi connectivity index (χ2v) is 4.57. The molecule has 0 aromatic carbocycles. The van der Waals surface area contributed by atoms with E-state index in [1.165, 1.54) is 6.20 Å². The minimum Gasteiger partial charge on any atom is -0.397 e. The summed E-state index contributed by atoms with van der Waals surface area (Å²) in [5, 5.41) is 3.91. The lowest BCUT2D eigenvalue weighted by molar-refractivity contribution is 0.432. The van der Waals surface area contributed by atoms with Gasteiger partial charge in [0.15, 0.2) is 0 Å². The topological polar surface area (TPSA) is 90.7 Å². The minimum atomic E-state index is 0.340. The van der Waals surface area contributed by atoms with Gasteiger partial charge in [0.05, 0.1) is 17.4 Å². The number of nitrogens with zero attached hydrogens (tertiary/aromatic N) is 4. The van der Waals surface area contributed by atoms with E-state index in [1.807, 2.05) is 12.1 Å². The van der Waals surface area contributed by atoms with Crippen LogP contribution in [0, 0.1) is 0 Å². The molecule has 0 radical (unpaired) electrons. The highest BCUT2D eigenvalue weighted by atomic mass is 79.9. The van der Waals surface area contributed by atoms with Crippen molar-refractivity contribution in [3.63, 3.8) is 0 Å². The fourth-order valence-corrected chi connectivity index (χ4v) is 2.01.